The van der Waals surface area contributed by atoms with Crippen molar-refractivity contribution in [2.45, 2.75) is 20.8 Å². The summed E-state index contributed by atoms with van der Waals surface area (Å²) < 4.78 is 0. The first kappa shape index (κ1) is 15.1. The Bertz CT molecular complexity index is 407. The predicted octanol–water partition coefficient (Wildman–Crippen LogP) is 2.60. The lowest BCUT2D eigenvalue weighted by atomic mass is 10.1. The maximum absolute atomic E-state index is 11.7. The van der Waals surface area contributed by atoms with Gasteiger partial charge in [-0.05, 0) is 37.1 Å². The number of carbonyl (C=O) groups is 1. The maximum atomic E-state index is 11.7. The zero-order valence-electron chi connectivity index (χ0n) is 11.2. The molecular weight excluding hydrogens is 246 g/mol. The molecule has 0 aliphatic heterocycles. The fraction of sp³-hybridized carbons (Fsp3) is 0.500. The Hall–Kier alpha value is -1.00. The first-order valence-electron chi connectivity index (χ1n) is 6.08. The van der Waals surface area contributed by atoms with Gasteiger partial charge in [-0.1, -0.05) is 24.6 Å². The highest BCUT2D eigenvalue weighted by Gasteiger charge is 2.06. The molecule has 3 nitrogen and oxygen atoms in total. The zero-order chi connectivity index (χ0) is 13.5. The van der Waals surface area contributed by atoms with Gasteiger partial charge in [0.2, 0.25) is 5.91 Å². The van der Waals surface area contributed by atoms with E-state index in [0.717, 1.165) is 17.0 Å². The molecule has 1 rings (SSSR count). The van der Waals surface area contributed by atoms with Crippen molar-refractivity contribution in [3.8, 4) is 0 Å². The smallest absolute Gasteiger partial charge is 0.234 e. The summed E-state index contributed by atoms with van der Waals surface area (Å²) in [4.78, 5) is 11.7. The lowest BCUT2D eigenvalue weighted by Crippen LogP contribution is -2.16. The van der Waals surface area contributed by atoms with Crippen LogP contribution in [0.25, 0.3) is 0 Å². The molecule has 1 amide bonds. The second-order valence-corrected chi connectivity index (χ2v) is 5.70. The van der Waals surface area contributed by atoms with Crippen LogP contribution in [0.3, 0.4) is 0 Å². The monoisotopic (exact) mass is 267 g/mol. The lowest BCUT2D eigenvalue weighted by Gasteiger charge is -2.10. The van der Waals surface area contributed by atoms with Gasteiger partial charge >= 0.3 is 0 Å². The standard InChI is InChI=1S/C14H21NO2S/c1-10-4-5-13(12(3)6-10)15-14(17)9-18-8-11(2)7-16/h4-6,11,16H,7-9H2,1-3H3,(H,15,17). The molecule has 100 valence electrons. The van der Waals surface area contributed by atoms with Gasteiger partial charge in [0.1, 0.15) is 0 Å². The number of benzene rings is 1. The number of hydrogen-bond acceptors (Lipinski definition) is 3. The quantitative estimate of drug-likeness (QED) is 0.833. The molecule has 0 aromatic heterocycles. The Kier molecular flexibility index (Phi) is 6.22. The third-order valence-corrected chi connectivity index (χ3v) is 3.87. The van der Waals surface area contributed by atoms with E-state index in [1.807, 2.05) is 32.9 Å². The normalized spacial score (nSPS) is 12.2. The number of rotatable bonds is 6. The lowest BCUT2D eigenvalue weighted by molar-refractivity contribution is -0.113. The number of carbonyl (C=O) groups excluding carboxylic acids is 1. The Morgan fingerprint density at radius 1 is 1.44 bits per heavy atom. The molecule has 0 aliphatic carbocycles. The molecule has 1 aromatic carbocycles. The number of amides is 1. The van der Waals surface area contributed by atoms with Gasteiger partial charge in [0.15, 0.2) is 0 Å². The summed E-state index contributed by atoms with van der Waals surface area (Å²) in [7, 11) is 0. The van der Waals surface area contributed by atoms with E-state index < -0.39 is 0 Å². The average molecular weight is 267 g/mol. The molecular formula is C14H21NO2S. The number of aryl methyl sites for hydroxylation is 2. The summed E-state index contributed by atoms with van der Waals surface area (Å²) in [5, 5.41) is 11.8. The van der Waals surface area contributed by atoms with E-state index in [0.29, 0.717) is 5.75 Å². The molecule has 0 saturated carbocycles. The first-order chi connectivity index (χ1) is 8.52. The van der Waals surface area contributed by atoms with Crippen molar-refractivity contribution in [2.24, 2.45) is 5.92 Å². The third-order valence-electron chi connectivity index (χ3n) is 2.60. The van der Waals surface area contributed by atoms with Crippen LogP contribution < -0.4 is 5.32 Å². The molecule has 0 aliphatic rings. The van der Waals surface area contributed by atoms with Gasteiger partial charge in [0.25, 0.3) is 0 Å². The Labute approximate surface area is 113 Å². The highest BCUT2D eigenvalue weighted by Crippen LogP contribution is 2.16. The Morgan fingerprint density at radius 2 is 2.17 bits per heavy atom. The van der Waals surface area contributed by atoms with Crippen molar-refractivity contribution in [3.63, 3.8) is 0 Å². The van der Waals surface area contributed by atoms with Gasteiger partial charge in [0.05, 0.1) is 5.75 Å². The van der Waals surface area contributed by atoms with Crippen LogP contribution in [-0.2, 0) is 4.79 Å². The second kappa shape index (κ2) is 7.44. The van der Waals surface area contributed by atoms with Crippen molar-refractivity contribution in [2.75, 3.05) is 23.4 Å². The van der Waals surface area contributed by atoms with E-state index in [1.165, 1.54) is 5.56 Å². The summed E-state index contributed by atoms with van der Waals surface area (Å²) in [5.41, 5.74) is 3.15. The summed E-state index contributed by atoms with van der Waals surface area (Å²) >= 11 is 1.55. The van der Waals surface area contributed by atoms with Crippen molar-refractivity contribution in [1.29, 1.82) is 0 Å². The average Bonchev–Trinajstić information content (AvgIpc) is 2.32. The van der Waals surface area contributed by atoms with Crippen LogP contribution in [0.2, 0.25) is 0 Å². The fourth-order valence-corrected chi connectivity index (χ4v) is 2.43. The highest BCUT2D eigenvalue weighted by atomic mass is 32.2. The summed E-state index contributed by atoms with van der Waals surface area (Å²) in [6.07, 6.45) is 0. The molecule has 2 N–H and O–H groups in total. The van der Waals surface area contributed by atoms with E-state index in [4.69, 9.17) is 5.11 Å². The number of anilines is 1. The second-order valence-electron chi connectivity index (χ2n) is 4.67. The maximum Gasteiger partial charge on any atom is 0.234 e. The van der Waals surface area contributed by atoms with Gasteiger partial charge in [-0.15, -0.1) is 0 Å². The van der Waals surface area contributed by atoms with Crippen LogP contribution in [0.4, 0.5) is 5.69 Å². The van der Waals surface area contributed by atoms with Crippen LogP contribution in [0, 0.1) is 19.8 Å². The molecule has 0 fully saturated rings. The van der Waals surface area contributed by atoms with E-state index in [9.17, 15) is 4.79 Å². The van der Waals surface area contributed by atoms with Crippen molar-refractivity contribution >= 4 is 23.4 Å². The van der Waals surface area contributed by atoms with Crippen molar-refractivity contribution in [1.82, 2.24) is 0 Å². The molecule has 4 heteroatoms. The number of aliphatic hydroxyl groups is 1. The van der Waals surface area contributed by atoms with Gasteiger partial charge in [-0.3, -0.25) is 4.79 Å². The van der Waals surface area contributed by atoms with Gasteiger partial charge in [-0.25, -0.2) is 0 Å². The number of hydrogen-bond donors (Lipinski definition) is 2. The predicted molar refractivity (Wildman–Crippen MR) is 78.1 cm³/mol. The Morgan fingerprint density at radius 3 is 2.78 bits per heavy atom. The van der Waals surface area contributed by atoms with E-state index >= 15 is 0 Å². The van der Waals surface area contributed by atoms with Crippen LogP contribution >= 0.6 is 11.8 Å². The van der Waals surface area contributed by atoms with Crippen LogP contribution in [0.15, 0.2) is 18.2 Å². The molecule has 0 radical (unpaired) electrons. The first-order valence-corrected chi connectivity index (χ1v) is 7.24. The number of aliphatic hydroxyl groups excluding tert-OH is 1. The SMILES string of the molecule is Cc1ccc(NC(=O)CSCC(C)CO)c(C)c1. The summed E-state index contributed by atoms with van der Waals surface area (Å²) in [6.45, 7) is 6.16. The largest absolute Gasteiger partial charge is 0.396 e. The molecule has 0 bridgehead atoms. The Balaban J connectivity index is 2.40. The molecule has 18 heavy (non-hydrogen) atoms. The molecule has 1 unspecified atom stereocenters. The highest BCUT2D eigenvalue weighted by molar-refractivity contribution is 7.99. The van der Waals surface area contributed by atoms with Crippen LogP contribution in [0.1, 0.15) is 18.1 Å². The molecule has 0 heterocycles. The van der Waals surface area contributed by atoms with Crippen molar-refractivity contribution in [3.05, 3.63) is 29.3 Å². The van der Waals surface area contributed by atoms with Crippen molar-refractivity contribution < 1.29 is 9.90 Å². The molecule has 0 saturated heterocycles. The number of thioether (sulfide) groups is 1. The minimum absolute atomic E-state index is 0.0112. The van der Waals surface area contributed by atoms with Gasteiger partial charge < -0.3 is 10.4 Å². The van der Waals surface area contributed by atoms with Gasteiger partial charge in [-0.2, -0.15) is 11.8 Å². The minimum Gasteiger partial charge on any atom is -0.396 e. The topological polar surface area (TPSA) is 49.3 Å². The van der Waals surface area contributed by atoms with Gasteiger partial charge in [0, 0.05) is 12.3 Å². The van der Waals surface area contributed by atoms with Crippen LogP contribution in [0.5, 0.6) is 0 Å². The summed E-state index contributed by atoms with van der Waals surface area (Å²) in [5.74, 6) is 1.48. The van der Waals surface area contributed by atoms with E-state index in [-0.39, 0.29) is 18.4 Å². The summed E-state index contributed by atoms with van der Waals surface area (Å²) in [6, 6.07) is 5.98. The third kappa shape index (κ3) is 5.10. The minimum atomic E-state index is 0.0112. The van der Waals surface area contributed by atoms with Crippen LogP contribution in [-0.4, -0.2) is 29.1 Å². The zero-order valence-corrected chi connectivity index (χ0v) is 12.0. The number of nitrogens with one attached hydrogen (secondary N) is 1. The van der Waals surface area contributed by atoms with E-state index in [1.54, 1.807) is 11.8 Å². The molecule has 1 aromatic rings. The van der Waals surface area contributed by atoms with E-state index in [2.05, 4.69) is 11.4 Å². The fourth-order valence-electron chi connectivity index (χ4n) is 1.55. The molecule has 1 atom stereocenters. The molecule has 0 spiro atoms.